The van der Waals surface area contributed by atoms with Gasteiger partial charge in [-0.15, -0.1) is 0 Å². The van der Waals surface area contributed by atoms with Crippen molar-refractivity contribution < 1.29 is 27.5 Å². The molecule has 0 radical (unpaired) electrons. The molecule has 0 atom stereocenters. The van der Waals surface area contributed by atoms with Crippen LogP contribution in [0.2, 0.25) is 0 Å². The van der Waals surface area contributed by atoms with Crippen LogP contribution in [-0.4, -0.2) is 89.6 Å². The van der Waals surface area contributed by atoms with Crippen LogP contribution in [0, 0.1) is 6.92 Å². The topological polar surface area (TPSA) is 116 Å². The zero-order chi connectivity index (χ0) is 29.1. The molecule has 1 heterocycles. The standard InChI is InChI=1S/C31H33N3O6S.K.H/c1-20-8-4-7-11-29(20)41(37,38)33-30(35)22-13-12-21(28(17-22)39-3)16-23-19-34(2)27-15-14-24(18-26(23)27)32-31(36)40-25-9-5-6-10-25;;/h4,7-8,11-15,17-19,25H,5-6,9-10,16H2,1-3H3,(H,32,36)(H,33,35);;. The minimum absolute atomic E-state index is 0. The van der Waals surface area contributed by atoms with E-state index in [9.17, 15) is 18.0 Å². The summed E-state index contributed by atoms with van der Waals surface area (Å²) in [7, 11) is -0.583. The molecule has 0 aliphatic heterocycles. The second-order valence-corrected chi connectivity index (χ2v) is 12.0. The predicted octanol–water partition coefficient (Wildman–Crippen LogP) is 5.05. The maximum atomic E-state index is 12.9. The van der Waals surface area contributed by atoms with Gasteiger partial charge in [0, 0.05) is 41.8 Å². The average Bonchev–Trinajstić information content (AvgIpc) is 3.56. The molecule has 2 N–H and O–H groups in total. The fourth-order valence-electron chi connectivity index (χ4n) is 5.33. The van der Waals surface area contributed by atoms with Gasteiger partial charge < -0.3 is 14.0 Å². The van der Waals surface area contributed by atoms with Crippen molar-refractivity contribution in [3.8, 4) is 5.75 Å². The van der Waals surface area contributed by atoms with E-state index in [-0.39, 0.29) is 67.9 Å². The van der Waals surface area contributed by atoms with Gasteiger partial charge >= 0.3 is 57.5 Å². The predicted molar refractivity (Wildman–Crippen MR) is 164 cm³/mol. The molecule has 1 aromatic heterocycles. The molecule has 1 saturated carbocycles. The molecule has 1 fully saturated rings. The normalized spacial score (nSPS) is 13.4. The number of sulfonamides is 1. The summed E-state index contributed by atoms with van der Waals surface area (Å²) in [5, 5.41) is 3.81. The van der Waals surface area contributed by atoms with Gasteiger partial charge in [-0.3, -0.25) is 10.1 Å². The van der Waals surface area contributed by atoms with Gasteiger partial charge in [0.2, 0.25) is 0 Å². The molecule has 9 nitrogen and oxygen atoms in total. The number of carbonyl (C=O) groups excluding carboxylic acids is 2. The third-order valence-electron chi connectivity index (χ3n) is 7.43. The first kappa shape index (κ1) is 32.2. The second-order valence-electron chi connectivity index (χ2n) is 10.3. The number of nitrogens with one attached hydrogen (secondary N) is 2. The van der Waals surface area contributed by atoms with Crippen LogP contribution in [-0.2, 0) is 28.2 Å². The van der Waals surface area contributed by atoms with Crippen LogP contribution in [0.4, 0.5) is 10.5 Å². The monoisotopic (exact) mass is 615 g/mol. The number of hydrogen-bond acceptors (Lipinski definition) is 6. The van der Waals surface area contributed by atoms with Crippen molar-refractivity contribution in [3.05, 3.63) is 89.1 Å². The number of benzene rings is 3. The number of nitrogens with zero attached hydrogens (tertiary/aromatic N) is 1. The molecule has 0 unspecified atom stereocenters. The summed E-state index contributed by atoms with van der Waals surface area (Å²) < 4.78 is 40.9. The van der Waals surface area contributed by atoms with Crippen LogP contribution in [0.15, 0.2) is 71.8 Å². The summed E-state index contributed by atoms with van der Waals surface area (Å²) in [5.74, 6) is -0.291. The maximum absolute atomic E-state index is 12.9. The third kappa shape index (κ3) is 7.27. The number of aromatic nitrogens is 1. The van der Waals surface area contributed by atoms with Gasteiger partial charge in [-0.05, 0) is 85.7 Å². The number of ether oxygens (including phenoxy) is 2. The molecule has 4 aromatic rings. The van der Waals surface area contributed by atoms with Crippen LogP contribution in [0.1, 0.15) is 52.7 Å². The van der Waals surface area contributed by atoms with Crippen LogP contribution in [0.3, 0.4) is 0 Å². The van der Waals surface area contributed by atoms with Crippen molar-refractivity contribution in [1.82, 2.24) is 9.29 Å². The molecule has 0 bridgehead atoms. The number of methoxy groups -OCH3 is 1. The van der Waals surface area contributed by atoms with Crippen molar-refractivity contribution >= 4 is 90.0 Å². The number of amides is 2. The van der Waals surface area contributed by atoms with Gasteiger partial charge in [-0.25, -0.2) is 17.9 Å². The Kier molecular flexibility index (Phi) is 10.6. The fraction of sp³-hybridized carbons (Fsp3) is 0.290. The molecular weight excluding hydrogens is 582 g/mol. The molecule has 3 aromatic carbocycles. The van der Waals surface area contributed by atoms with Gasteiger partial charge in [-0.1, -0.05) is 24.3 Å². The van der Waals surface area contributed by atoms with Crippen LogP contribution >= 0.6 is 0 Å². The Hall–Kier alpha value is -2.67. The average molecular weight is 616 g/mol. The van der Waals surface area contributed by atoms with Crippen molar-refractivity contribution in [2.45, 2.75) is 50.0 Å². The van der Waals surface area contributed by atoms with Gasteiger partial charge in [-0.2, -0.15) is 0 Å². The molecule has 1 aliphatic rings. The molecule has 2 amide bonds. The van der Waals surface area contributed by atoms with Crippen molar-refractivity contribution in [2.75, 3.05) is 12.4 Å². The van der Waals surface area contributed by atoms with E-state index < -0.39 is 22.0 Å². The molecule has 216 valence electrons. The van der Waals surface area contributed by atoms with E-state index in [2.05, 4.69) is 10.0 Å². The Morgan fingerprint density at radius 1 is 1.00 bits per heavy atom. The van der Waals surface area contributed by atoms with Crippen molar-refractivity contribution in [3.63, 3.8) is 0 Å². The van der Waals surface area contributed by atoms with Crippen LogP contribution < -0.4 is 14.8 Å². The first-order chi connectivity index (χ1) is 19.6. The first-order valence-electron chi connectivity index (χ1n) is 13.5. The molecule has 42 heavy (non-hydrogen) atoms. The molecule has 11 heteroatoms. The number of carbonyl (C=O) groups is 2. The number of aryl methyl sites for hydroxylation is 2. The van der Waals surface area contributed by atoms with E-state index >= 15 is 0 Å². The summed E-state index contributed by atoms with van der Waals surface area (Å²) in [5.41, 5.74) is 4.14. The van der Waals surface area contributed by atoms with Gasteiger partial charge in [0.05, 0.1) is 12.0 Å². The zero-order valence-corrected chi connectivity index (χ0v) is 24.1. The number of rotatable bonds is 8. The van der Waals surface area contributed by atoms with Crippen LogP contribution in [0.5, 0.6) is 5.75 Å². The quantitative estimate of drug-likeness (QED) is 0.268. The third-order valence-corrected chi connectivity index (χ3v) is 8.93. The fourth-order valence-corrected chi connectivity index (χ4v) is 6.55. The Morgan fingerprint density at radius 2 is 1.74 bits per heavy atom. The first-order valence-corrected chi connectivity index (χ1v) is 15.0. The van der Waals surface area contributed by atoms with E-state index in [1.165, 1.54) is 19.2 Å². The Bertz CT molecular complexity index is 1730. The van der Waals surface area contributed by atoms with Crippen LogP contribution in [0.25, 0.3) is 10.9 Å². The molecule has 5 rings (SSSR count). The zero-order valence-electron chi connectivity index (χ0n) is 23.3. The molecule has 1 aliphatic carbocycles. The van der Waals surface area contributed by atoms with Crippen molar-refractivity contribution in [2.24, 2.45) is 7.05 Å². The Morgan fingerprint density at radius 3 is 2.45 bits per heavy atom. The number of fused-ring (bicyclic) bond motifs is 1. The van der Waals surface area contributed by atoms with Gasteiger partial charge in [0.15, 0.2) is 0 Å². The second kappa shape index (κ2) is 13.7. The number of anilines is 1. The van der Waals surface area contributed by atoms with E-state index in [1.807, 2.05) is 36.0 Å². The van der Waals surface area contributed by atoms with E-state index in [0.717, 1.165) is 47.7 Å². The van der Waals surface area contributed by atoms with E-state index in [4.69, 9.17) is 9.47 Å². The van der Waals surface area contributed by atoms with Crippen molar-refractivity contribution in [1.29, 1.82) is 0 Å². The summed E-state index contributed by atoms with van der Waals surface area (Å²) in [4.78, 5) is 25.4. The number of hydrogen-bond donors (Lipinski definition) is 2. The Balaban J connectivity index is 0.00000405. The van der Waals surface area contributed by atoms with Gasteiger partial charge in [0.1, 0.15) is 11.9 Å². The van der Waals surface area contributed by atoms with E-state index in [1.54, 1.807) is 37.3 Å². The SMILES string of the molecule is COc1cc(C(=O)NS(=O)(=O)c2ccccc2C)ccc1Cc1cn(C)c2ccc(NC(=O)OC3CCCC3)cc12.[KH]. The molecule has 0 spiro atoms. The van der Waals surface area contributed by atoms with E-state index in [0.29, 0.717) is 23.4 Å². The van der Waals surface area contributed by atoms with Gasteiger partial charge in [0.25, 0.3) is 15.9 Å². The summed E-state index contributed by atoms with van der Waals surface area (Å²) in [6.07, 6.45) is 6.00. The summed E-state index contributed by atoms with van der Waals surface area (Å²) in [6.45, 7) is 1.67. The summed E-state index contributed by atoms with van der Waals surface area (Å²) >= 11 is 0. The minimum atomic E-state index is -4.04. The Labute approximate surface area is 288 Å². The summed E-state index contributed by atoms with van der Waals surface area (Å²) in [6, 6.07) is 17.1. The molecular formula is C31H34KN3O6S. The molecule has 0 saturated heterocycles.